The number of carbonyl (C=O) groups is 1. The molecule has 0 amide bonds. The molecule has 0 spiro atoms. The maximum Gasteiger partial charge on any atom is 0.328 e. The van der Waals surface area contributed by atoms with E-state index in [9.17, 15) is 14.3 Å². The summed E-state index contributed by atoms with van der Waals surface area (Å²) in [5, 5.41) is 12.0. The van der Waals surface area contributed by atoms with Crippen molar-refractivity contribution in [2.75, 3.05) is 11.9 Å². The van der Waals surface area contributed by atoms with Gasteiger partial charge in [-0.3, -0.25) is 0 Å². The van der Waals surface area contributed by atoms with Gasteiger partial charge in [-0.25, -0.2) is 9.18 Å². The Kier molecular flexibility index (Phi) is 3.81. The fraction of sp³-hybridized carbons (Fsp3) is 0.462. The largest absolute Gasteiger partial charge is 0.480 e. The second-order valence-corrected chi connectivity index (χ2v) is 4.53. The molecule has 1 heterocycles. The molecule has 0 bridgehead atoms. The third-order valence-electron chi connectivity index (χ3n) is 2.97. The number of hydrogen-bond donors (Lipinski definition) is 2. The van der Waals surface area contributed by atoms with E-state index in [1.165, 1.54) is 12.1 Å². The van der Waals surface area contributed by atoms with Crippen molar-refractivity contribution in [3.8, 4) is 0 Å². The first-order valence-corrected chi connectivity index (χ1v) is 5.94. The van der Waals surface area contributed by atoms with Crippen molar-refractivity contribution in [2.45, 2.75) is 31.9 Å². The average Bonchev–Trinajstić information content (AvgIpc) is 2.77. The third kappa shape index (κ3) is 2.98. The predicted molar refractivity (Wildman–Crippen MR) is 65.2 cm³/mol. The predicted octanol–water partition coefficient (Wildman–Crippen LogP) is 2.18. The molecule has 0 aromatic heterocycles. The average molecular weight is 253 g/mol. The lowest BCUT2D eigenvalue weighted by molar-refractivity contribution is -0.140. The minimum Gasteiger partial charge on any atom is -0.480 e. The lowest BCUT2D eigenvalue weighted by Crippen LogP contribution is -2.40. The number of aryl methyl sites for hydroxylation is 1. The van der Waals surface area contributed by atoms with Gasteiger partial charge in [-0.15, -0.1) is 0 Å². The Bertz CT molecular complexity index is 424. The van der Waals surface area contributed by atoms with Gasteiger partial charge in [0.15, 0.2) is 6.04 Å². The summed E-state index contributed by atoms with van der Waals surface area (Å²) in [6, 6.07) is 3.56. The van der Waals surface area contributed by atoms with Crippen LogP contribution in [0.2, 0.25) is 0 Å². The van der Waals surface area contributed by atoms with Gasteiger partial charge < -0.3 is 15.2 Å². The topological polar surface area (TPSA) is 58.6 Å². The fourth-order valence-electron chi connectivity index (χ4n) is 2.18. The van der Waals surface area contributed by atoms with Crippen LogP contribution in [0.1, 0.15) is 18.4 Å². The van der Waals surface area contributed by atoms with Gasteiger partial charge in [0.05, 0.1) is 6.10 Å². The molecule has 0 saturated carbocycles. The van der Waals surface area contributed by atoms with Gasteiger partial charge >= 0.3 is 5.97 Å². The summed E-state index contributed by atoms with van der Waals surface area (Å²) in [6.45, 7) is 2.34. The van der Waals surface area contributed by atoms with Crippen molar-refractivity contribution >= 4 is 11.7 Å². The van der Waals surface area contributed by atoms with E-state index in [1.54, 1.807) is 13.0 Å². The number of nitrogens with one attached hydrogen (secondary N) is 1. The van der Waals surface area contributed by atoms with Crippen LogP contribution in [0.15, 0.2) is 18.2 Å². The smallest absolute Gasteiger partial charge is 0.328 e. The standard InChI is InChI=1S/C13H16FNO3/c1-8-5-9(14)7-10(6-8)15-12(13(16)17)11-3-2-4-18-11/h5-7,11-12,15H,2-4H2,1H3,(H,16,17). The van der Waals surface area contributed by atoms with Crippen molar-refractivity contribution in [1.82, 2.24) is 0 Å². The molecule has 18 heavy (non-hydrogen) atoms. The molecule has 2 atom stereocenters. The Balaban J connectivity index is 2.15. The SMILES string of the molecule is Cc1cc(F)cc(NC(C(=O)O)C2CCCO2)c1. The van der Waals surface area contributed by atoms with Crippen molar-refractivity contribution < 1.29 is 19.0 Å². The zero-order valence-electron chi connectivity index (χ0n) is 10.1. The van der Waals surface area contributed by atoms with Crippen LogP contribution in [0.4, 0.5) is 10.1 Å². The molecular formula is C13H16FNO3. The third-order valence-corrected chi connectivity index (χ3v) is 2.97. The molecule has 1 aromatic carbocycles. The number of aliphatic carboxylic acids is 1. The molecule has 1 fully saturated rings. The van der Waals surface area contributed by atoms with Crippen LogP contribution in [-0.4, -0.2) is 29.8 Å². The van der Waals surface area contributed by atoms with Crippen LogP contribution in [0.3, 0.4) is 0 Å². The Morgan fingerprint density at radius 2 is 2.33 bits per heavy atom. The van der Waals surface area contributed by atoms with E-state index >= 15 is 0 Å². The Hall–Kier alpha value is -1.62. The summed E-state index contributed by atoms with van der Waals surface area (Å²) in [5.74, 6) is -1.36. The van der Waals surface area contributed by atoms with E-state index < -0.39 is 12.0 Å². The first-order chi connectivity index (χ1) is 8.56. The zero-order valence-corrected chi connectivity index (χ0v) is 10.1. The molecule has 2 N–H and O–H groups in total. The summed E-state index contributed by atoms with van der Waals surface area (Å²) in [6.07, 6.45) is 1.21. The van der Waals surface area contributed by atoms with Crippen molar-refractivity contribution in [3.05, 3.63) is 29.6 Å². The van der Waals surface area contributed by atoms with E-state index in [1.807, 2.05) is 0 Å². The zero-order chi connectivity index (χ0) is 13.1. The molecule has 4 nitrogen and oxygen atoms in total. The number of carboxylic acids is 1. The molecule has 2 rings (SSSR count). The van der Waals surface area contributed by atoms with Crippen LogP contribution in [0.25, 0.3) is 0 Å². The molecule has 98 valence electrons. The second-order valence-electron chi connectivity index (χ2n) is 4.53. The highest BCUT2D eigenvalue weighted by atomic mass is 19.1. The highest BCUT2D eigenvalue weighted by Crippen LogP contribution is 2.21. The molecule has 2 unspecified atom stereocenters. The highest BCUT2D eigenvalue weighted by Gasteiger charge is 2.31. The normalized spacial score (nSPS) is 20.7. The van der Waals surface area contributed by atoms with Crippen LogP contribution < -0.4 is 5.32 Å². The van der Waals surface area contributed by atoms with Crippen molar-refractivity contribution in [3.63, 3.8) is 0 Å². The second kappa shape index (κ2) is 5.35. The van der Waals surface area contributed by atoms with Gasteiger partial charge in [0.2, 0.25) is 0 Å². The van der Waals surface area contributed by atoms with E-state index in [-0.39, 0.29) is 11.9 Å². The highest BCUT2D eigenvalue weighted by molar-refractivity contribution is 5.78. The number of ether oxygens (including phenoxy) is 1. The lowest BCUT2D eigenvalue weighted by Gasteiger charge is -2.21. The summed E-state index contributed by atoms with van der Waals surface area (Å²) in [7, 11) is 0. The molecule has 0 radical (unpaired) electrons. The number of halogens is 1. The Morgan fingerprint density at radius 1 is 1.56 bits per heavy atom. The maximum absolute atomic E-state index is 13.2. The minimum atomic E-state index is -0.983. The van der Waals surface area contributed by atoms with Crippen molar-refractivity contribution in [2.24, 2.45) is 0 Å². The van der Waals surface area contributed by atoms with Gasteiger partial charge in [0.25, 0.3) is 0 Å². The van der Waals surface area contributed by atoms with Gasteiger partial charge in [0, 0.05) is 12.3 Å². The number of rotatable bonds is 4. The molecule has 1 saturated heterocycles. The number of benzene rings is 1. The Labute approximate surface area is 105 Å². The molecule has 5 heteroatoms. The van der Waals surface area contributed by atoms with Gasteiger partial charge in [0.1, 0.15) is 5.82 Å². The fourth-order valence-corrected chi connectivity index (χ4v) is 2.18. The monoisotopic (exact) mass is 253 g/mol. The van der Waals surface area contributed by atoms with Crippen LogP contribution in [0.5, 0.6) is 0 Å². The van der Waals surface area contributed by atoms with E-state index in [2.05, 4.69) is 5.32 Å². The van der Waals surface area contributed by atoms with Crippen LogP contribution in [0, 0.1) is 12.7 Å². The number of anilines is 1. The van der Waals surface area contributed by atoms with Gasteiger partial charge in [-0.2, -0.15) is 0 Å². The first kappa shape index (κ1) is 12.8. The molecular weight excluding hydrogens is 237 g/mol. The van der Waals surface area contributed by atoms with Gasteiger partial charge in [-0.1, -0.05) is 0 Å². The molecule has 1 aromatic rings. The quantitative estimate of drug-likeness (QED) is 0.863. The summed E-state index contributed by atoms with van der Waals surface area (Å²) < 4.78 is 18.6. The molecule has 0 aliphatic carbocycles. The molecule has 1 aliphatic heterocycles. The summed E-state index contributed by atoms with van der Waals surface area (Å²) >= 11 is 0. The molecule has 1 aliphatic rings. The number of carboxylic acid groups (broad SMARTS) is 1. The van der Waals surface area contributed by atoms with Crippen LogP contribution >= 0.6 is 0 Å². The first-order valence-electron chi connectivity index (χ1n) is 5.94. The number of hydrogen-bond acceptors (Lipinski definition) is 3. The summed E-state index contributed by atoms with van der Waals surface area (Å²) in [5.41, 5.74) is 1.21. The Morgan fingerprint density at radius 3 is 2.89 bits per heavy atom. The van der Waals surface area contributed by atoms with Crippen LogP contribution in [-0.2, 0) is 9.53 Å². The van der Waals surface area contributed by atoms with Gasteiger partial charge in [-0.05, 0) is 43.5 Å². The minimum absolute atomic E-state index is 0.355. The maximum atomic E-state index is 13.2. The summed E-state index contributed by atoms with van der Waals surface area (Å²) in [4.78, 5) is 11.2. The lowest BCUT2D eigenvalue weighted by atomic mass is 10.1. The van der Waals surface area contributed by atoms with E-state index in [0.717, 1.165) is 12.0 Å². The van der Waals surface area contributed by atoms with E-state index in [0.29, 0.717) is 18.7 Å². The van der Waals surface area contributed by atoms with Crippen molar-refractivity contribution in [1.29, 1.82) is 0 Å². The van der Waals surface area contributed by atoms with E-state index in [4.69, 9.17) is 4.74 Å².